The van der Waals surface area contributed by atoms with Crippen molar-refractivity contribution in [3.8, 4) is 5.75 Å². The van der Waals surface area contributed by atoms with E-state index >= 15 is 0 Å². The van der Waals surface area contributed by atoms with Crippen molar-refractivity contribution < 1.29 is 22.7 Å². The number of ether oxygens (including phenoxy) is 1. The summed E-state index contributed by atoms with van der Waals surface area (Å²) in [7, 11) is 0. The second kappa shape index (κ2) is 8.82. The number of carbonyl (C=O) groups is 1. The van der Waals surface area contributed by atoms with Crippen LogP contribution in [0.1, 0.15) is 13.8 Å². The molecular weight excluding hydrogens is 345 g/mol. The standard InChI is InChI=1S/C16H20ClF3N2O2/c1-4-22(9-11(2)3)15(23)8-21-13-7-12(17)5-6-14(13)24-10-16(18,19)20/h5-7,21H,2,4,8-10H2,1,3H3. The number of nitrogens with zero attached hydrogens (tertiary/aromatic N) is 1. The molecule has 0 heterocycles. The summed E-state index contributed by atoms with van der Waals surface area (Å²) in [5.41, 5.74) is 1.06. The summed E-state index contributed by atoms with van der Waals surface area (Å²) in [6, 6.07) is 4.15. The maximum atomic E-state index is 12.3. The van der Waals surface area contributed by atoms with Gasteiger partial charge in [-0.25, -0.2) is 0 Å². The molecule has 1 aromatic carbocycles. The smallest absolute Gasteiger partial charge is 0.422 e. The molecule has 1 rings (SSSR count). The quantitative estimate of drug-likeness (QED) is 0.705. The third kappa shape index (κ3) is 7.12. The number of likely N-dealkylation sites (N-methyl/N-ethyl adjacent to an activating group) is 1. The van der Waals surface area contributed by atoms with E-state index in [4.69, 9.17) is 16.3 Å². The number of nitrogens with one attached hydrogen (secondary N) is 1. The fourth-order valence-corrected chi connectivity index (χ4v) is 2.08. The summed E-state index contributed by atoms with van der Waals surface area (Å²) < 4.78 is 41.7. The first kappa shape index (κ1) is 20.2. The molecule has 0 fully saturated rings. The molecule has 0 atom stereocenters. The van der Waals surface area contributed by atoms with Crippen molar-refractivity contribution in [2.24, 2.45) is 0 Å². The van der Waals surface area contributed by atoms with E-state index < -0.39 is 12.8 Å². The average Bonchev–Trinajstić information content (AvgIpc) is 2.48. The number of amides is 1. The van der Waals surface area contributed by atoms with Crippen LogP contribution in [-0.2, 0) is 4.79 Å². The average molecular weight is 365 g/mol. The Morgan fingerprint density at radius 3 is 2.62 bits per heavy atom. The summed E-state index contributed by atoms with van der Waals surface area (Å²) in [6.07, 6.45) is -4.45. The molecule has 4 nitrogen and oxygen atoms in total. The third-order valence-corrected chi connectivity index (χ3v) is 3.19. The highest BCUT2D eigenvalue weighted by molar-refractivity contribution is 6.30. The summed E-state index contributed by atoms with van der Waals surface area (Å²) in [5.74, 6) is -0.227. The first-order valence-corrected chi connectivity index (χ1v) is 7.65. The zero-order valence-electron chi connectivity index (χ0n) is 13.5. The summed E-state index contributed by atoms with van der Waals surface area (Å²) in [6.45, 7) is 6.80. The van der Waals surface area contributed by atoms with Gasteiger partial charge in [0.1, 0.15) is 5.75 Å². The Balaban J connectivity index is 2.77. The minimum Gasteiger partial charge on any atom is -0.482 e. The van der Waals surface area contributed by atoms with E-state index in [2.05, 4.69) is 11.9 Å². The fraction of sp³-hybridized carbons (Fsp3) is 0.438. The molecule has 0 radical (unpaired) electrons. The first-order chi connectivity index (χ1) is 11.1. The minimum atomic E-state index is -4.45. The van der Waals surface area contributed by atoms with Gasteiger partial charge in [0.25, 0.3) is 0 Å². The molecule has 0 saturated heterocycles. The highest BCUT2D eigenvalue weighted by atomic mass is 35.5. The Kier molecular flexibility index (Phi) is 7.41. The number of anilines is 1. The van der Waals surface area contributed by atoms with Crippen LogP contribution in [0.15, 0.2) is 30.4 Å². The molecule has 0 saturated carbocycles. The topological polar surface area (TPSA) is 41.6 Å². The van der Waals surface area contributed by atoms with Crippen LogP contribution in [0.3, 0.4) is 0 Å². The van der Waals surface area contributed by atoms with Crippen molar-refractivity contribution >= 4 is 23.2 Å². The van der Waals surface area contributed by atoms with E-state index in [1.165, 1.54) is 18.2 Å². The normalized spacial score (nSPS) is 11.1. The SMILES string of the molecule is C=C(C)CN(CC)C(=O)CNc1cc(Cl)ccc1OCC(F)(F)F. The van der Waals surface area contributed by atoms with Gasteiger partial charge in [-0.05, 0) is 32.0 Å². The van der Waals surface area contributed by atoms with Crippen LogP contribution in [0.25, 0.3) is 0 Å². The molecule has 0 aliphatic carbocycles. The Hall–Kier alpha value is -1.89. The van der Waals surface area contributed by atoms with Gasteiger partial charge in [-0.1, -0.05) is 23.8 Å². The van der Waals surface area contributed by atoms with Crippen LogP contribution >= 0.6 is 11.6 Å². The molecule has 8 heteroatoms. The molecule has 0 spiro atoms. The predicted octanol–water partition coefficient (Wildman–Crippen LogP) is 4.12. The number of hydrogen-bond donors (Lipinski definition) is 1. The van der Waals surface area contributed by atoms with Gasteiger partial charge in [0, 0.05) is 18.1 Å². The van der Waals surface area contributed by atoms with E-state index in [0.717, 1.165) is 5.57 Å². The monoisotopic (exact) mass is 364 g/mol. The lowest BCUT2D eigenvalue weighted by Crippen LogP contribution is -2.36. The second-order valence-corrected chi connectivity index (χ2v) is 5.70. The number of hydrogen-bond acceptors (Lipinski definition) is 3. The van der Waals surface area contributed by atoms with Crippen molar-refractivity contribution in [2.45, 2.75) is 20.0 Å². The number of carbonyl (C=O) groups excluding carboxylic acids is 1. The molecule has 0 aromatic heterocycles. The maximum absolute atomic E-state index is 12.3. The highest BCUT2D eigenvalue weighted by Crippen LogP contribution is 2.29. The number of alkyl halides is 3. The van der Waals surface area contributed by atoms with Crippen LogP contribution in [0.5, 0.6) is 5.75 Å². The van der Waals surface area contributed by atoms with Crippen molar-refractivity contribution in [3.63, 3.8) is 0 Å². The van der Waals surface area contributed by atoms with Crippen LogP contribution in [0, 0.1) is 0 Å². The molecule has 24 heavy (non-hydrogen) atoms. The van der Waals surface area contributed by atoms with Gasteiger partial charge in [0.2, 0.25) is 5.91 Å². The number of halogens is 4. The van der Waals surface area contributed by atoms with Gasteiger partial charge in [0.15, 0.2) is 6.61 Å². The molecule has 1 N–H and O–H groups in total. The molecule has 0 unspecified atom stereocenters. The van der Waals surface area contributed by atoms with Gasteiger partial charge >= 0.3 is 6.18 Å². The lowest BCUT2D eigenvalue weighted by molar-refractivity contribution is -0.153. The Morgan fingerprint density at radius 1 is 1.42 bits per heavy atom. The molecule has 0 aliphatic heterocycles. The molecule has 0 bridgehead atoms. The Morgan fingerprint density at radius 2 is 2.08 bits per heavy atom. The van der Waals surface area contributed by atoms with Crippen molar-refractivity contribution in [3.05, 3.63) is 35.4 Å². The predicted molar refractivity (Wildman–Crippen MR) is 88.6 cm³/mol. The summed E-state index contributed by atoms with van der Waals surface area (Å²) in [5, 5.41) is 3.10. The lowest BCUT2D eigenvalue weighted by Gasteiger charge is -2.22. The number of benzene rings is 1. The molecule has 0 aliphatic rings. The van der Waals surface area contributed by atoms with Crippen LogP contribution in [0.4, 0.5) is 18.9 Å². The van der Waals surface area contributed by atoms with Crippen molar-refractivity contribution in [1.29, 1.82) is 0 Å². The van der Waals surface area contributed by atoms with Crippen LogP contribution in [-0.4, -0.2) is 43.2 Å². The summed E-state index contributed by atoms with van der Waals surface area (Å²) >= 11 is 5.86. The van der Waals surface area contributed by atoms with E-state index in [-0.39, 0.29) is 23.9 Å². The highest BCUT2D eigenvalue weighted by Gasteiger charge is 2.29. The van der Waals surface area contributed by atoms with Gasteiger partial charge in [0.05, 0.1) is 12.2 Å². The van der Waals surface area contributed by atoms with E-state index in [1.807, 2.05) is 13.8 Å². The Bertz CT molecular complexity index is 591. The second-order valence-electron chi connectivity index (χ2n) is 5.26. The Labute approximate surface area is 144 Å². The van der Waals surface area contributed by atoms with E-state index in [0.29, 0.717) is 18.1 Å². The molecule has 1 aromatic rings. The fourth-order valence-electron chi connectivity index (χ4n) is 1.91. The van der Waals surface area contributed by atoms with Crippen LogP contribution in [0.2, 0.25) is 5.02 Å². The largest absolute Gasteiger partial charge is 0.482 e. The number of rotatable bonds is 8. The van der Waals surface area contributed by atoms with Gasteiger partial charge in [-0.2, -0.15) is 13.2 Å². The van der Waals surface area contributed by atoms with Crippen molar-refractivity contribution in [2.75, 3.05) is 31.6 Å². The zero-order valence-corrected chi connectivity index (χ0v) is 14.3. The molecule has 1 amide bonds. The third-order valence-electron chi connectivity index (χ3n) is 2.96. The minimum absolute atomic E-state index is 0.0209. The maximum Gasteiger partial charge on any atom is 0.422 e. The zero-order chi connectivity index (χ0) is 18.3. The van der Waals surface area contributed by atoms with Gasteiger partial charge < -0.3 is 15.0 Å². The summed E-state index contributed by atoms with van der Waals surface area (Å²) in [4.78, 5) is 13.7. The van der Waals surface area contributed by atoms with Gasteiger partial charge in [-0.3, -0.25) is 4.79 Å². The van der Waals surface area contributed by atoms with Crippen molar-refractivity contribution in [1.82, 2.24) is 4.90 Å². The van der Waals surface area contributed by atoms with Gasteiger partial charge in [-0.15, -0.1) is 0 Å². The van der Waals surface area contributed by atoms with E-state index in [1.54, 1.807) is 4.90 Å². The lowest BCUT2D eigenvalue weighted by atomic mass is 10.2. The molecule has 134 valence electrons. The van der Waals surface area contributed by atoms with Crippen LogP contribution < -0.4 is 10.1 Å². The first-order valence-electron chi connectivity index (χ1n) is 7.27. The van der Waals surface area contributed by atoms with E-state index in [9.17, 15) is 18.0 Å². The molecular formula is C16H20ClF3N2O2.